The van der Waals surface area contributed by atoms with E-state index in [4.69, 9.17) is 4.74 Å². The van der Waals surface area contributed by atoms with Gasteiger partial charge in [-0.25, -0.2) is 4.98 Å². The summed E-state index contributed by atoms with van der Waals surface area (Å²) in [6.07, 6.45) is 8.19. The number of ether oxygens (including phenoxy) is 1. The SMILES string of the molecule is C[C@@H]1CN(c2ccc(NC(=O)C[C@H]3C[C@H]4CC[C@H]3C4)cn2)C[C@H](C)O1. The predicted molar refractivity (Wildman–Crippen MR) is 98.6 cm³/mol. The largest absolute Gasteiger partial charge is 0.372 e. The molecule has 1 aromatic rings. The third-order valence-electron chi connectivity index (χ3n) is 6.11. The van der Waals surface area contributed by atoms with E-state index >= 15 is 0 Å². The lowest BCUT2D eigenvalue weighted by molar-refractivity contribution is -0.117. The summed E-state index contributed by atoms with van der Waals surface area (Å²) >= 11 is 0. The Morgan fingerprint density at radius 2 is 2.04 bits per heavy atom. The van der Waals surface area contributed by atoms with Crippen molar-refractivity contribution in [3.63, 3.8) is 0 Å². The van der Waals surface area contributed by atoms with Crippen LogP contribution in [0.5, 0.6) is 0 Å². The highest BCUT2D eigenvalue weighted by Gasteiger charge is 2.40. The summed E-state index contributed by atoms with van der Waals surface area (Å²) in [7, 11) is 0. The maximum Gasteiger partial charge on any atom is 0.224 e. The molecule has 1 N–H and O–H groups in total. The van der Waals surface area contributed by atoms with Crippen molar-refractivity contribution in [2.75, 3.05) is 23.3 Å². The molecule has 136 valence electrons. The van der Waals surface area contributed by atoms with Crippen LogP contribution < -0.4 is 10.2 Å². The molecule has 1 aliphatic heterocycles. The topological polar surface area (TPSA) is 54.5 Å². The zero-order valence-corrected chi connectivity index (χ0v) is 15.3. The number of amides is 1. The van der Waals surface area contributed by atoms with Gasteiger partial charge in [0.05, 0.1) is 24.1 Å². The van der Waals surface area contributed by atoms with E-state index in [1.54, 1.807) is 6.20 Å². The van der Waals surface area contributed by atoms with Gasteiger partial charge in [0.15, 0.2) is 0 Å². The molecule has 5 heteroatoms. The van der Waals surface area contributed by atoms with Crippen molar-refractivity contribution in [2.24, 2.45) is 17.8 Å². The standard InChI is InChI=1S/C20H29N3O2/c1-13-11-23(12-14(2)25-13)19-6-5-18(10-21-19)22-20(24)9-17-8-15-3-4-16(17)7-15/h5-6,10,13-17H,3-4,7-9,11-12H2,1-2H3,(H,22,24)/t13-,14+,15-,16-,17+/m0/s1. The molecule has 5 atom stereocenters. The molecular formula is C20H29N3O2. The van der Waals surface area contributed by atoms with Gasteiger partial charge >= 0.3 is 0 Å². The molecule has 4 rings (SSSR count). The Labute approximate surface area is 150 Å². The van der Waals surface area contributed by atoms with Crippen LogP contribution in [-0.2, 0) is 9.53 Å². The molecular weight excluding hydrogens is 314 g/mol. The average Bonchev–Trinajstić information content (AvgIpc) is 3.17. The van der Waals surface area contributed by atoms with Gasteiger partial charge in [0.2, 0.25) is 5.91 Å². The average molecular weight is 343 g/mol. The molecule has 5 nitrogen and oxygen atoms in total. The van der Waals surface area contributed by atoms with Gasteiger partial charge in [0, 0.05) is 19.5 Å². The van der Waals surface area contributed by atoms with Crippen LogP contribution in [0.25, 0.3) is 0 Å². The van der Waals surface area contributed by atoms with Crippen molar-refractivity contribution in [3.8, 4) is 0 Å². The molecule has 25 heavy (non-hydrogen) atoms. The molecule has 2 bridgehead atoms. The van der Waals surface area contributed by atoms with Gasteiger partial charge in [-0.15, -0.1) is 0 Å². The number of aromatic nitrogens is 1. The van der Waals surface area contributed by atoms with Gasteiger partial charge in [0.25, 0.3) is 0 Å². The third-order valence-corrected chi connectivity index (χ3v) is 6.11. The van der Waals surface area contributed by atoms with Gasteiger partial charge in [-0.05, 0) is 63.0 Å². The minimum atomic E-state index is 0.140. The van der Waals surface area contributed by atoms with Crippen LogP contribution in [0.3, 0.4) is 0 Å². The zero-order valence-electron chi connectivity index (χ0n) is 15.3. The second-order valence-corrected chi connectivity index (χ2v) is 8.25. The summed E-state index contributed by atoms with van der Waals surface area (Å²) in [5.41, 5.74) is 0.797. The zero-order chi connectivity index (χ0) is 17.4. The molecule has 1 saturated heterocycles. The summed E-state index contributed by atoms with van der Waals surface area (Å²) in [6, 6.07) is 3.96. The van der Waals surface area contributed by atoms with Crippen LogP contribution in [0.2, 0.25) is 0 Å². The number of nitrogens with zero attached hydrogens (tertiary/aromatic N) is 2. The Kier molecular flexibility index (Phi) is 4.67. The monoisotopic (exact) mass is 343 g/mol. The summed E-state index contributed by atoms with van der Waals surface area (Å²) < 4.78 is 5.77. The molecule has 2 heterocycles. The van der Waals surface area contributed by atoms with Gasteiger partial charge in [0.1, 0.15) is 5.82 Å². The van der Waals surface area contributed by atoms with E-state index < -0.39 is 0 Å². The van der Waals surface area contributed by atoms with Crippen LogP contribution in [0, 0.1) is 17.8 Å². The van der Waals surface area contributed by atoms with Crippen molar-refractivity contribution in [3.05, 3.63) is 18.3 Å². The molecule has 1 aromatic heterocycles. The second kappa shape index (κ2) is 6.94. The normalized spacial score (nSPS) is 34.3. The first-order valence-corrected chi connectivity index (χ1v) is 9.73. The number of nitrogens with one attached hydrogen (secondary N) is 1. The number of fused-ring (bicyclic) bond motifs is 2. The number of pyridine rings is 1. The highest BCUT2D eigenvalue weighted by atomic mass is 16.5. The number of hydrogen-bond acceptors (Lipinski definition) is 4. The summed E-state index contributed by atoms with van der Waals surface area (Å²) in [5.74, 6) is 3.37. The second-order valence-electron chi connectivity index (χ2n) is 8.25. The number of anilines is 2. The Bertz CT molecular complexity index is 608. The minimum absolute atomic E-state index is 0.140. The number of morpholine rings is 1. The van der Waals surface area contributed by atoms with Crippen LogP contribution in [0.15, 0.2) is 18.3 Å². The van der Waals surface area contributed by atoms with Crippen molar-refractivity contribution >= 4 is 17.4 Å². The lowest BCUT2D eigenvalue weighted by atomic mass is 9.86. The number of hydrogen-bond donors (Lipinski definition) is 1. The quantitative estimate of drug-likeness (QED) is 0.910. The van der Waals surface area contributed by atoms with Crippen molar-refractivity contribution in [2.45, 2.75) is 58.2 Å². The third kappa shape index (κ3) is 3.81. The van der Waals surface area contributed by atoms with Crippen molar-refractivity contribution < 1.29 is 9.53 Å². The first kappa shape index (κ1) is 16.8. The van der Waals surface area contributed by atoms with Gasteiger partial charge in [-0.3, -0.25) is 4.79 Å². The molecule has 0 radical (unpaired) electrons. The number of carbonyl (C=O) groups excluding carboxylic acids is 1. The van der Waals surface area contributed by atoms with E-state index in [0.717, 1.165) is 36.4 Å². The van der Waals surface area contributed by atoms with E-state index in [1.807, 2.05) is 12.1 Å². The number of carbonyl (C=O) groups is 1. The molecule has 2 aliphatic carbocycles. The Morgan fingerprint density at radius 1 is 1.24 bits per heavy atom. The molecule has 0 unspecified atom stereocenters. The first-order valence-electron chi connectivity index (χ1n) is 9.73. The summed E-state index contributed by atoms with van der Waals surface area (Å²) in [4.78, 5) is 19.2. The molecule has 1 amide bonds. The highest BCUT2D eigenvalue weighted by molar-refractivity contribution is 5.90. The maximum atomic E-state index is 12.4. The van der Waals surface area contributed by atoms with E-state index in [9.17, 15) is 4.79 Å². The molecule has 0 aromatic carbocycles. The van der Waals surface area contributed by atoms with Crippen molar-refractivity contribution in [1.29, 1.82) is 0 Å². The Hall–Kier alpha value is -1.62. The van der Waals surface area contributed by atoms with Crippen LogP contribution in [-0.4, -0.2) is 36.2 Å². The highest BCUT2D eigenvalue weighted by Crippen LogP contribution is 2.49. The summed E-state index contributed by atoms with van der Waals surface area (Å²) in [5, 5.41) is 3.03. The van der Waals surface area contributed by atoms with Crippen LogP contribution in [0.1, 0.15) is 46.0 Å². The summed E-state index contributed by atoms with van der Waals surface area (Å²) in [6.45, 7) is 5.89. The van der Waals surface area contributed by atoms with E-state index in [-0.39, 0.29) is 18.1 Å². The minimum Gasteiger partial charge on any atom is -0.372 e. The Balaban J connectivity index is 1.32. The van der Waals surface area contributed by atoms with Crippen molar-refractivity contribution in [1.82, 2.24) is 4.98 Å². The van der Waals surface area contributed by atoms with Crippen LogP contribution >= 0.6 is 0 Å². The predicted octanol–water partition coefficient (Wildman–Crippen LogP) is 3.46. The van der Waals surface area contributed by atoms with Gasteiger partial charge < -0.3 is 15.0 Å². The lowest BCUT2D eigenvalue weighted by Gasteiger charge is -2.36. The smallest absolute Gasteiger partial charge is 0.224 e. The lowest BCUT2D eigenvalue weighted by Crippen LogP contribution is -2.45. The molecule has 3 aliphatic rings. The fourth-order valence-corrected chi connectivity index (χ4v) is 5.09. The van der Waals surface area contributed by atoms with E-state index in [1.165, 1.54) is 25.7 Å². The van der Waals surface area contributed by atoms with Gasteiger partial charge in [-0.1, -0.05) is 6.42 Å². The van der Waals surface area contributed by atoms with E-state index in [0.29, 0.717) is 12.3 Å². The molecule has 2 saturated carbocycles. The first-order chi connectivity index (χ1) is 12.1. The molecule has 3 fully saturated rings. The van der Waals surface area contributed by atoms with E-state index in [2.05, 4.69) is 29.0 Å². The Morgan fingerprint density at radius 3 is 2.64 bits per heavy atom. The number of rotatable bonds is 4. The fourth-order valence-electron chi connectivity index (χ4n) is 5.09. The molecule has 0 spiro atoms. The fraction of sp³-hybridized carbons (Fsp3) is 0.700. The van der Waals surface area contributed by atoms with Crippen LogP contribution in [0.4, 0.5) is 11.5 Å². The van der Waals surface area contributed by atoms with Gasteiger partial charge in [-0.2, -0.15) is 0 Å². The maximum absolute atomic E-state index is 12.4.